The summed E-state index contributed by atoms with van der Waals surface area (Å²) in [4.78, 5) is 18.4. The van der Waals surface area contributed by atoms with Crippen molar-refractivity contribution in [2.45, 2.75) is 25.3 Å². The molecule has 0 bridgehead atoms. The quantitative estimate of drug-likeness (QED) is 0.750. The predicted octanol–water partition coefficient (Wildman–Crippen LogP) is 3.34. The highest BCUT2D eigenvalue weighted by Gasteiger charge is 2.31. The highest BCUT2D eigenvalue weighted by molar-refractivity contribution is 7.92. The number of benzene rings is 1. The van der Waals surface area contributed by atoms with Crippen LogP contribution in [0.2, 0.25) is 5.15 Å². The van der Waals surface area contributed by atoms with Crippen molar-refractivity contribution >= 4 is 44.6 Å². The van der Waals surface area contributed by atoms with Crippen molar-refractivity contribution in [1.82, 2.24) is 9.88 Å². The number of carbonyl (C=O) groups excluding carboxylic acids is 1. The number of amides is 1. The van der Waals surface area contributed by atoms with Crippen LogP contribution in [0, 0.1) is 0 Å². The number of aromatic nitrogens is 1. The molecule has 1 fully saturated rings. The second kappa shape index (κ2) is 6.63. The number of carbonyl (C=O) groups is 1. The number of sulfonamides is 1. The van der Waals surface area contributed by atoms with Gasteiger partial charge >= 0.3 is 0 Å². The molecule has 1 amide bonds. The van der Waals surface area contributed by atoms with Crippen molar-refractivity contribution in [2.24, 2.45) is 0 Å². The van der Waals surface area contributed by atoms with Crippen LogP contribution in [-0.2, 0) is 16.6 Å². The highest BCUT2D eigenvalue weighted by atomic mass is 35.5. The third-order valence-corrected chi connectivity index (χ3v) is 6.57. The molecule has 2 aromatic rings. The largest absolute Gasteiger partial charge is 0.353 e. The molecule has 2 aliphatic rings. The lowest BCUT2D eigenvalue weighted by atomic mass is 10.1. The fraction of sp³-hybridized carbons (Fsp3) is 0.368. The molecule has 0 radical (unpaired) electrons. The van der Waals surface area contributed by atoms with Crippen LogP contribution in [0.5, 0.6) is 0 Å². The zero-order valence-electron chi connectivity index (χ0n) is 15.9. The number of nitrogens with zero attached hydrogens (tertiary/aromatic N) is 3. The van der Waals surface area contributed by atoms with E-state index in [0.29, 0.717) is 40.8 Å². The number of hydrogen-bond donors (Lipinski definition) is 1. The fourth-order valence-electron chi connectivity index (χ4n) is 3.41. The van der Waals surface area contributed by atoms with Gasteiger partial charge in [-0.25, -0.2) is 13.4 Å². The number of fused-ring (bicyclic) bond motifs is 1. The SMILES string of the molecule is CN1Cc2nc(Cl)cc(Nc3ccc(C4CC4)cc3N(C)S(C)(=O)=O)c2C1=O. The van der Waals surface area contributed by atoms with Crippen LogP contribution >= 0.6 is 11.6 Å². The Morgan fingerprint density at radius 1 is 1.25 bits per heavy atom. The third-order valence-electron chi connectivity index (χ3n) is 5.19. The molecule has 0 unspecified atom stereocenters. The van der Waals surface area contributed by atoms with Crippen molar-refractivity contribution in [3.8, 4) is 0 Å². The van der Waals surface area contributed by atoms with Gasteiger partial charge in [-0.3, -0.25) is 9.10 Å². The van der Waals surface area contributed by atoms with Gasteiger partial charge in [-0.1, -0.05) is 17.7 Å². The molecule has 4 rings (SSSR count). The molecule has 1 N–H and O–H groups in total. The van der Waals surface area contributed by atoms with E-state index in [4.69, 9.17) is 11.6 Å². The van der Waals surface area contributed by atoms with Gasteiger partial charge in [0.2, 0.25) is 10.0 Å². The van der Waals surface area contributed by atoms with E-state index in [1.165, 1.54) is 17.6 Å². The molecule has 28 heavy (non-hydrogen) atoms. The van der Waals surface area contributed by atoms with Crippen molar-refractivity contribution in [2.75, 3.05) is 30.0 Å². The number of anilines is 3. The first-order valence-corrected chi connectivity index (χ1v) is 11.2. The summed E-state index contributed by atoms with van der Waals surface area (Å²) in [6, 6.07) is 7.35. The average Bonchev–Trinajstić information content (AvgIpc) is 3.41. The van der Waals surface area contributed by atoms with Crippen molar-refractivity contribution in [3.63, 3.8) is 0 Å². The molecule has 1 saturated carbocycles. The van der Waals surface area contributed by atoms with Gasteiger partial charge in [-0.05, 0) is 42.5 Å². The molecule has 2 heterocycles. The summed E-state index contributed by atoms with van der Waals surface area (Å²) in [5.41, 5.74) is 3.83. The molecule has 0 atom stereocenters. The summed E-state index contributed by atoms with van der Waals surface area (Å²) in [7, 11) is -0.226. The van der Waals surface area contributed by atoms with E-state index in [1.807, 2.05) is 18.2 Å². The average molecular weight is 421 g/mol. The molecule has 1 aromatic carbocycles. The van der Waals surface area contributed by atoms with Crippen molar-refractivity contribution < 1.29 is 13.2 Å². The number of hydrogen-bond acceptors (Lipinski definition) is 5. The molecular weight excluding hydrogens is 400 g/mol. The van der Waals surface area contributed by atoms with Gasteiger partial charge in [-0.2, -0.15) is 0 Å². The van der Waals surface area contributed by atoms with Gasteiger partial charge in [0, 0.05) is 14.1 Å². The first-order chi connectivity index (χ1) is 13.1. The van der Waals surface area contributed by atoms with Gasteiger partial charge in [0.05, 0.1) is 41.1 Å². The first kappa shape index (κ1) is 19.0. The molecule has 1 aliphatic carbocycles. The van der Waals surface area contributed by atoms with E-state index in [1.54, 1.807) is 18.0 Å². The molecular formula is C19H21ClN4O3S. The number of pyridine rings is 1. The molecule has 1 aliphatic heterocycles. The molecule has 1 aromatic heterocycles. The van der Waals surface area contributed by atoms with E-state index in [2.05, 4.69) is 10.3 Å². The Kier molecular flexibility index (Phi) is 4.50. The third kappa shape index (κ3) is 3.42. The van der Waals surface area contributed by atoms with E-state index >= 15 is 0 Å². The Balaban J connectivity index is 1.80. The Bertz CT molecular complexity index is 1080. The monoisotopic (exact) mass is 420 g/mol. The van der Waals surface area contributed by atoms with Gasteiger partial charge in [-0.15, -0.1) is 0 Å². The summed E-state index contributed by atoms with van der Waals surface area (Å²) in [6.45, 7) is 0.389. The van der Waals surface area contributed by atoms with Crippen LogP contribution < -0.4 is 9.62 Å². The zero-order chi connectivity index (χ0) is 20.2. The lowest BCUT2D eigenvalue weighted by molar-refractivity contribution is 0.0817. The van der Waals surface area contributed by atoms with Gasteiger partial charge in [0.25, 0.3) is 5.91 Å². The molecule has 148 valence electrons. The van der Waals surface area contributed by atoms with Crippen LogP contribution in [0.3, 0.4) is 0 Å². The summed E-state index contributed by atoms with van der Waals surface area (Å²) in [6.07, 6.45) is 3.40. The lowest BCUT2D eigenvalue weighted by Crippen LogP contribution is -2.25. The predicted molar refractivity (Wildman–Crippen MR) is 110 cm³/mol. The first-order valence-electron chi connectivity index (χ1n) is 8.95. The van der Waals surface area contributed by atoms with E-state index in [-0.39, 0.29) is 11.1 Å². The fourth-order valence-corrected chi connectivity index (χ4v) is 4.13. The van der Waals surface area contributed by atoms with Crippen molar-refractivity contribution in [3.05, 3.63) is 46.2 Å². The van der Waals surface area contributed by atoms with Crippen LogP contribution in [-0.4, -0.2) is 44.6 Å². The smallest absolute Gasteiger partial charge is 0.257 e. The Morgan fingerprint density at radius 2 is 1.96 bits per heavy atom. The summed E-state index contributed by atoms with van der Waals surface area (Å²) in [5.74, 6) is 0.338. The maximum absolute atomic E-state index is 12.5. The molecule has 0 spiro atoms. The number of nitrogens with one attached hydrogen (secondary N) is 1. The normalized spacial score (nSPS) is 16.3. The number of halogens is 1. The lowest BCUT2D eigenvalue weighted by Gasteiger charge is -2.22. The standard InChI is InChI=1S/C19H21ClN4O3S/c1-23-10-15-18(19(23)25)14(9-17(20)22-15)21-13-7-6-12(11-4-5-11)8-16(13)24(2)28(3,26)27/h6-9,11H,4-5,10H2,1-3H3,(H,21,22). The van der Waals surface area contributed by atoms with Gasteiger partial charge in [0.1, 0.15) is 5.15 Å². The summed E-state index contributed by atoms with van der Waals surface area (Å²) >= 11 is 6.15. The topological polar surface area (TPSA) is 82.6 Å². The summed E-state index contributed by atoms with van der Waals surface area (Å²) < 4.78 is 25.6. The van der Waals surface area contributed by atoms with Crippen LogP contribution in [0.1, 0.15) is 40.4 Å². The minimum atomic E-state index is -3.45. The van der Waals surface area contributed by atoms with E-state index < -0.39 is 10.0 Å². The highest BCUT2D eigenvalue weighted by Crippen LogP contribution is 2.43. The Morgan fingerprint density at radius 3 is 2.61 bits per heavy atom. The Labute approximate surface area is 169 Å². The van der Waals surface area contributed by atoms with Crippen LogP contribution in [0.4, 0.5) is 17.1 Å². The minimum Gasteiger partial charge on any atom is -0.353 e. The van der Waals surface area contributed by atoms with Gasteiger partial charge < -0.3 is 10.2 Å². The summed E-state index contributed by atoms with van der Waals surface area (Å²) in [5, 5.41) is 3.50. The number of rotatable bonds is 5. The minimum absolute atomic E-state index is 0.144. The molecule has 0 saturated heterocycles. The second-order valence-corrected chi connectivity index (χ2v) is 9.78. The maximum atomic E-state index is 12.5. The van der Waals surface area contributed by atoms with E-state index in [0.717, 1.165) is 18.4 Å². The van der Waals surface area contributed by atoms with Gasteiger partial charge in [0.15, 0.2) is 0 Å². The molecule has 9 heteroatoms. The second-order valence-electron chi connectivity index (χ2n) is 7.38. The van der Waals surface area contributed by atoms with Crippen LogP contribution in [0.25, 0.3) is 0 Å². The van der Waals surface area contributed by atoms with Crippen LogP contribution in [0.15, 0.2) is 24.3 Å². The molecule has 7 nitrogen and oxygen atoms in total. The maximum Gasteiger partial charge on any atom is 0.257 e. The van der Waals surface area contributed by atoms with E-state index in [9.17, 15) is 13.2 Å². The Hall–Kier alpha value is -2.32. The van der Waals surface area contributed by atoms with Crippen molar-refractivity contribution in [1.29, 1.82) is 0 Å². The zero-order valence-corrected chi connectivity index (χ0v) is 17.4.